The number of aromatic nitrogens is 1. The Kier molecular flexibility index (Phi) is 3.96. The Morgan fingerprint density at radius 2 is 2.09 bits per heavy atom. The molecule has 5 nitrogen and oxygen atoms in total. The zero-order chi connectivity index (χ0) is 16.6. The number of β-amino-alcohol motifs (C(OH)–C–C–N with tert-alkyl or cyclic N) is 1. The molecule has 3 rings (SSSR count). The molecule has 0 saturated carbocycles. The molecule has 2 aromatic rings. The Hall–Kier alpha value is -2.54. The van der Waals surface area contributed by atoms with Gasteiger partial charge in [-0.25, -0.2) is 13.8 Å². The summed E-state index contributed by atoms with van der Waals surface area (Å²) in [6.45, 7) is -0.0462. The molecule has 7 heteroatoms. The Balaban J connectivity index is 1.99. The normalized spacial score (nSPS) is 20.7. The van der Waals surface area contributed by atoms with Gasteiger partial charge < -0.3 is 15.1 Å². The third-order valence-electron chi connectivity index (χ3n) is 3.85. The summed E-state index contributed by atoms with van der Waals surface area (Å²) in [5.41, 5.74) is -0.200. The molecular weight excluding hydrogens is 306 g/mol. The van der Waals surface area contributed by atoms with Crippen molar-refractivity contribution in [2.75, 3.05) is 6.54 Å². The number of nitrogens with zero attached hydrogens (tertiary/aromatic N) is 2. The maximum Gasteiger partial charge on any atom is 0.276 e. The third kappa shape index (κ3) is 2.87. The number of likely N-dealkylation sites (tertiary alicyclic amines) is 1. The number of hydrogen-bond acceptors (Lipinski definition) is 4. The van der Waals surface area contributed by atoms with Crippen molar-refractivity contribution < 1.29 is 23.8 Å². The molecule has 0 aliphatic carbocycles. The van der Waals surface area contributed by atoms with E-state index in [0.29, 0.717) is 0 Å². The number of aromatic hydroxyl groups is 1. The van der Waals surface area contributed by atoms with E-state index in [9.17, 15) is 23.8 Å². The number of carbonyl (C=O) groups excluding carboxylic acids is 1. The average molecular weight is 320 g/mol. The van der Waals surface area contributed by atoms with Crippen LogP contribution in [0.5, 0.6) is 5.75 Å². The van der Waals surface area contributed by atoms with E-state index in [1.165, 1.54) is 23.2 Å². The van der Waals surface area contributed by atoms with Gasteiger partial charge in [-0.3, -0.25) is 4.79 Å². The summed E-state index contributed by atoms with van der Waals surface area (Å²) in [5.74, 6) is -2.24. The van der Waals surface area contributed by atoms with Gasteiger partial charge in [-0.2, -0.15) is 0 Å². The number of carbonyl (C=O) groups is 1. The van der Waals surface area contributed by atoms with Crippen LogP contribution in [0, 0.1) is 11.6 Å². The summed E-state index contributed by atoms with van der Waals surface area (Å²) < 4.78 is 27.4. The van der Waals surface area contributed by atoms with Crippen LogP contribution < -0.4 is 0 Å². The lowest BCUT2D eigenvalue weighted by Crippen LogP contribution is -2.32. The van der Waals surface area contributed by atoms with Crippen molar-refractivity contribution in [3.63, 3.8) is 0 Å². The van der Waals surface area contributed by atoms with Crippen LogP contribution in [0.2, 0.25) is 0 Å². The van der Waals surface area contributed by atoms with Gasteiger partial charge in [0.15, 0.2) is 5.69 Å². The molecule has 1 amide bonds. The van der Waals surface area contributed by atoms with Gasteiger partial charge in [-0.15, -0.1) is 0 Å². The summed E-state index contributed by atoms with van der Waals surface area (Å²) in [6.07, 6.45) is 0.564. The van der Waals surface area contributed by atoms with Crippen LogP contribution in [0.25, 0.3) is 0 Å². The first kappa shape index (κ1) is 15.4. The number of benzene rings is 1. The second kappa shape index (κ2) is 5.92. The van der Waals surface area contributed by atoms with E-state index < -0.39 is 29.7 Å². The molecule has 2 N–H and O–H groups in total. The van der Waals surface area contributed by atoms with Gasteiger partial charge in [0.25, 0.3) is 5.91 Å². The molecule has 0 spiro atoms. The molecule has 1 aliphatic heterocycles. The lowest BCUT2D eigenvalue weighted by molar-refractivity contribution is 0.0704. The fraction of sp³-hybridized carbons (Fsp3) is 0.250. The molecule has 23 heavy (non-hydrogen) atoms. The predicted octanol–water partition coefficient (Wildman–Crippen LogP) is 2.01. The first-order chi connectivity index (χ1) is 11.0. The smallest absolute Gasteiger partial charge is 0.276 e. The Labute approximate surface area is 130 Å². The third-order valence-corrected chi connectivity index (χ3v) is 3.85. The van der Waals surface area contributed by atoms with Crippen LogP contribution in [-0.4, -0.2) is 38.7 Å². The Morgan fingerprint density at radius 3 is 2.83 bits per heavy atom. The Bertz CT molecular complexity index is 754. The maximum absolute atomic E-state index is 14.0. The van der Waals surface area contributed by atoms with Crippen LogP contribution in [-0.2, 0) is 0 Å². The standard InChI is InChI=1S/C16H14F2N2O3/c17-9-3-4-12(18)11(6-9)13-7-10(21)8-20(13)16(23)15-14(22)2-1-5-19-15/h1-6,10,13,21-22H,7-8H2/t10-,13-/m0/s1. The minimum atomic E-state index is -0.863. The highest BCUT2D eigenvalue weighted by molar-refractivity contribution is 5.95. The van der Waals surface area contributed by atoms with Crippen LogP contribution >= 0.6 is 0 Å². The van der Waals surface area contributed by atoms with Gasteiger partial charge >= 0.3 is 0 Å². The molecule has 0 bridgehead atoms. The van der Waals surface area contributed by atoms with Crippen molar-refractivity contribution in [2.24, 2.45) is 0 Å². The summed E-state index contributed by atoms with van der Waals surface area (Å²) in [7, 11) is 0. The summed E-state index contributed by atoms with van der Waals surface area (Å²) >= 11 is 0. The highest BCUT2D eigenvalue weighted by Crippen LogP contribution is 2.35. The number of hydrogen-bond donors (Lipinski definition) is 2. The van der Waals surface area contributed by atoms with Crippen molar-refractivity contribution in [1.29, 1.82) is 0 Å². The van der Waals surface area contributed by atoms with E-state index in [2.05, 4.69) is 4.98 Å². The van der Waals surface area contributed by atoms with E-state index in [1.54, 1.807) is 0 Å². The average Bonchev–Trinajstić information content (AvgIpc) is 2.91. The molecule has 0 unspecified atom stereocenters. The van der Waals surface area contributed by atoms with Crippen molar-refractivity contribution in [2.45, 2.75) is 18.6 Å². The van der Waals surface area contributed by atoms with Crippen molar-refractivity contribution in [3.05, 3.63) is 59.4 Å². The zero-order valence-electron chi connectivity index (χ0n) is 12.0. The quantitative estimate of drug-likeness (QED) is 0.888. The molecule has 1 fully saturated rings. The molecule has 2 heterocycles. The molecule has 1 aliphatic rings. The monoisotopic (exact) mass is 320 g/mol. The number of pyridine rings is 1. The largest absolute Gasteiger partial charge is 0.505 e. The van der Waals surface area contributed by atoms with E-state index in [0.717, 1.165) is 18.2 Å². The van der Waals surface area contributed by atoms with Crippen LogP contribution in [0.1, 0.15) is 28.5 Å². The first-order valence-electron chi connectivity index (χ1n) is 7.05. The van der Waals surface area contributed by atoms with Crippen molar-refractivity contribution in [1.82, 2.24) is 9.88 Å². The van der Waals surface area contributed by atoms with E-state index >= 15 is 0 Å². The first-order valence-corrected chi connectivity index (χ1v) is 7.05. The number of halogens is 2. The Morgan fingerprint density at radius 1 is 1.30 bits per heavy atom. The molecular formula is C16H14F2N2O3. The molecule has 0 radical (unpaired) electrons. The summed E-state index contributed by atoms with van der Waals surface area (Å²) in [4.78, 5) is 17.6. The van der Waals surface area contributed by atoms with Gasteiger partial charge in [-0.1, -0.05) is 0 Å². The van der Waals surface area contributed by atoms with Crippen molar-refractivity contribution in [3.8, 4) is 5.75 Å². The molecule has 1 saturated heterocycles. The van der Waals surface area contributed by atoms with E-state index in [-0.39, 0.29) is 30.0 Å². The van der Waals surface area contributed by atoms with Gasteiger partial charge in [0.05, 0.1) is 12.1 Å². The second-order valence-corrected chi connectivity index (χ2v) is 5.40. The van der Waals surface area contributed by atoms with Gasteiger partial charge in [0.2, 0.25) is 0 Å². The van der Waals surface area contributed by atoms with Crippen LogP contribution in [0.3, 0.4) is 0 Å². The van der Waals surface area contributed by atoms with Crippen LogP contribution in [0.15, 0.2) is 36.5 Å². The summed E-state index contributed by atoms with van der Waals surface area (Å²) in [6, 6.07) is 4.93. The fourth-order valence-corrected chi connectivity index (χ4v) is 2.80. The zero-order valence-corrected chi connectivity index (χ0v) is 12.0. The number of rotatable bonds is 2. The number of aliphatic hydroxyl groups is 1. The van der Waals surface area contributed by atoms with Crippen LogP contribution in [0.4, 0.5) is 8.78 Å². The summed E-state index contributed by atoms with van der Waals surface area (Å²) in [5, 5.41) is 19.6. The van der Waals surface area contributed by atoms with Gasteiger partial charge in [0, 0.05) is 18.3 Å². The second-order valence-electron chi connectivity index (χ2n) is 5.40. The highest BCUT2D eigenvalue weighted by Gasteiger charge is 2.38. The van der Waals surface area contributed by atoms with Gasteiger partial charge in [-0.05, 0) is 36.8 Å². The highest BCUT2D eigenvalue weighted by atomic mass is 19.1. The fourth-order valence-electron chi connectivity index (χ4n) is 2.80. The predicted molar refractivity (Wildman–Crippen MR) is 76.7 cm³/mol. The maximum atomic E-state index is 14.0. The molecule has 1 aromatic heterocycles. The van der Waals surface area contributed by atoms with Crippen molar-refractivity contribution >= 4 is 5.91 Å². The molecule has 120 valence electrons. The molecule has 1 aromatic carbocycles. The molecule has 2 atom stereocenters. The lowest BCUT2D eigenvalue weighted by atomic mass is 10.0. The number of aliphatic hydroxyl groups excluding tert-OH is 1. The van der Waals surface area contributed by atoms with E-state index in [4.69, 9.17) is 0 Å². The topological polar surface area (TPSA) is 73.7 Å². The minimum Gasteiger partial charge on any atom is -0.505 e. The van der Waals surface area contributed by atoms with Gasteiger partial charge in [0.1, 0.15) is 17.4 Å². The minimum absolute atomic E-state index is 0.00896. The SMILES string of the molecule is O=C(c1ncccc1O)N1C[C@@H](O)C[C@H]1c1cc(F)ccc1F. The van der Waals surface area contributed by atoms with E-state index in [1.807, 2.05) is 0 Å². The number of amides is 1. The lowest BCUT2D eigenvalue weighted by Gasteiger charge is -2.25.